The average Bonchev–Trinajstić information content (AvgIpc) is 1.83. The second-order valence-electron chi connectivity index (χ2n) is 1.70. The fraction of sp³-hybridized carbons (Fsp3) is 0.833. The van der Waals surface area contributed by atoms with Gasteiger partial charge in [0, 0.05) is 64.4 Å². The molecule has 1 N–H and O–H groups in total. The van der Waals surface area contributed by atoms with E-state index in [1.807, 2.05) is 13.8 Å². The summed E-state index contributed by atoms with van der Waals surface area (Å²) in [6.45, 7) is 4.70. The normalized spacial score (nSPS) is 7.78. The first kappa shape index (κ1) is 12.8. The largest absolute Gasteiger partial charge is 0.356 e. The molecule has 0 aliphatic rings. The summed E-state index contributed by atoms with van der Waals surface area (Å²) < 4.78 is 0. The van der Waals surface area contributed by atoms with Crippen LogP contribution >= 0.6 is 0 Å². The van der Waals surface area contributed by atoms with Crippen molar-refractivity contribution in [2.45, 2.75) is 26.7 Å². The van der Waals surface area contributed by atoms with Crippen LogP contribution in [0.5, 0.6) is 0 Å². The Bertz CT molecular complexity index is 75.5. The third-order valence-corrected chi connectivity index (χ3v) is 0.893. The maximum Gasteiger partial charge on any atom is 0.219 e. The zero-order valence-electron chi connectivity index (χ0n) is 6.53. The molecule has 0 heterocycles. The van der Waals surface area contributed by atoms with Gasteiger partial charge < -0.3 is 5.32 Å². The molecule has 0 unspecified atom stereocenters. The minimum absolute atomic E-state index is 0. The van der Waals surface area contributed by atoms with Crippen LogP contribution in [-0.4, -0.2) is 63.8 Å². The van der Waals surface area contributed by atoms with Gasteiger partial charge in [-0.2, -0.15) is 0 Å². The Morgan fingerprint density at radius 2 is 2.00 bits per heavy atom. The smallest absolute Gasteiger partial charge is 0.219 e. The van der Waals surface area contributed by atoms with Crippen LogP contribution in [0.1, 0.15) is 26.7 Å². The summed E-state index contributed by atoms with van der Waals surface area (Å²) in [6, 6.07) is 0. The van der Waals surface area contributed by atoms with E-state index in [1.165, 1.54) is 0 Å². The van der Waals surface area contributed by atoms with Crippen molar-refractivity contribution in [3.63, 3.8) is 0 Å². The molecule has 1 amide bonds. The molecule has 0 aromatic rings. The van der Waals surface area contributed by atoms with E-state index < -0.39 is 0 Å². The summed E-state index contributed by atoms with van der Waals surface area (Å²) in [7, 11) is 0. The van der Waals surface area contributed by atoms with Gasteiger partial charge in [-0.05, 0) is 6.42 Å². The van der Waals surface area contributed by atoms with Gasteiger partial charge in [0.1, 0.15) is 0 Å². The van der Waals surface area contributed by atoms with Crippen LogP contribution in [0.3, 0.4) is 0 Å². The summed E-state index contributed by atoms with van der Waals surface area (Å²) in [6.07, 6.45) is 1.62. The molecule has 0 spiro atoms. The SMILES string of the molecule is CCCNC(=O)CC.[K]. The minimum Gasteiger partial charge on any atom is -0.356 e. The number of carbonyl (C=O) groups excluding carboxylic acids is 1. The second-order valence-corrected chi connectivity index (χ2v) is 1.70. The molecule has 0 aromatic heterocycles. The zero-order valence-corrected chi connectivity index (χ0v) is 9.65. The molecule has 0 aliphatic carbocycles. The Kier molecular flexibility index (Phi) is 12.9. The summed E-state index contributed by atoms with van der Waals surface area (Å²) in [5, 5.41) is 2.74. The van der Waals surface area contributed by atoms with E-state index in [9.17, 15) is 4.79 Å². The van der Waals surface area contributed by atoms with Crippen molar-refractivity contribution in [2.75, 3.05) is 6.54 Å². The molecule has 0 fully saturated rings. The molecule has 0 bridgehead atoms. The molecule has 0 rings (SSSR count). The molecule has 9 heavy (non-hydrogen) atoms. The van der Waals surface area contributed by atoms with Crippen molar-refractivity contribution in [1.82, 2.24) is 5.32 Å². The van der Waals surface area contributed by atoms with E-state index in [-0.39, 0.29) is 57.3 Å². The van der Waals surface area contributed by atoms with Crippen LogP contribution < -0.4 is 5.32 Å². The van der Waals surface area contributed by atoms with Crippen LogP contribution in [0.15, 0.2) is 0 Å². The van der Waals surface area contributed by atoms with Crippen LogP contribution in [0.25, 0.3) is 0 Å². The quantitative estimate of drug-likeness (QED) is 0.591. The molecule has 0 aliphatic heterocycles. The van der Waals surface area contributed by atoms with Crippen LogP contribution in [0.2, 0.25) is 0 Å². The predicted octanol–water partition coefficient (Wildman–Crippen LogP) is 0.542. The third kappa shape index (κ3) is 9.11. The van der Waals surface area contributed by atoms with E-state index in [0.717, 1.165) is 13.0 Å². The van der Waals surface area contributed by atoms with Gasteiger partial charge in [-0.1, -0.05) is 13.8 Å². The molecule has 0 aromatic carbocycles. The van der Waals surface area contributed by atoms with E-state index >= 15 is 0 Å². The van der Waals surface area contributed by atoms with Gasteiger partial charge in [0.15, 0.2) is 0 Å². The number of carbonyl (C=O) groups is 1. The van der Waals surface area contributed by atoms with Crippen LogP contribution in [0, 0.1) is 0 Å². The van der Waals surface area contributed by atoms with Crippen molar-refractivity contribution < 1.29 is 4.79 Å². The Labute approximate surface area is 99.2 Å². The fourth-order valence-electron chi connectivity index (χ4n) is 0.389. The molecule has 0 saturated carbocycles. The van der Waals surface area contributed by atoms with Crippen molar-refractivity contribution in [3.05, 3.63) is 0 Å². The maximum absolute atomic E-state index is 10.5. The third-order valence-electron chi connectivity index (χ3n) is 0.893. The Balaban J connectivity index is 0. The van der Waals surface area contributed by atoms with Crippen molar-refractivity contribution in [1.29, 1.82) is 0 Å². The topological polar surface area (TPSA) is 29.1 Å². The van der Waals surface area contributed by atoms with E-state index in [2.05, 4.69) is 5.32 Å². The predicted molar refractivity (Wildman–Crippen MR) is 39.3 cm³/mol. The molecular weight excluding hydrogens is 141 g/mol. The van der Waals surface area contributed by atoms with E-state index in [0.29, 0.717) is 6.42 Å². The molecule has 1 radical (unpaired) electrons. The number of nitrogens with one attached hydrogen (secondary N) is 1. The molecule has 3 heteroatoms. The second kappa shape index (κ2) is 9.11. The molecule has 0 saturated heterocycles. The van der Waals surface area contributed by atoms with Gasteiger partial charge in [0.2, 0.25) is 5.91 Å². The minimum atomic E-state index is 0. The van der Waals surface area contributed by atoms with Gasteiger partial charge in [0.25, 0.3) is 0 Å². The first-order valence-electron chi connectivity index (χ1n) is 3.08. The number of hydrogen-bond acceptors (Lipinski definition) is 1. The first-order chi connectivity index (χ1) is 3.81. The first-order valence-corrected chi connectivity index (χ1v) is 3.08. The summed E-state index contributed by atoms with van der Waals surface area (Å²) in [5.74, 6) is 0.145. The van der Waals surface area contributed by atoms with Crippen LogP contribution in [0.4, 0.5) is 0 Å². The number of hydrogen-bond donors (Lipinski definition) is 1. The maximum atomic E-state index is 10.5. The van der Waals surface area contributed by atoms with Crippen molar-refractivity contribution in [2.24, 2.45) is 0 Å². The van der Waals surface area contributed by atoms with Crippen molar-refractivity contribution in [3.8, 4) is 0 Å². The van der Waals surface area contributed by atoms with Gasteiger partial charge in [-0.15, -0.1) is 0 Å². The zero-order chi connectivity index (χ0) is 6.41. The Hall–Kier alpha value is 1.11. The Morgan fingerprint density at radius 1 is 1.44 bits per heavy atom. The van der Waals surface area contributed by atoms with Gasteiger partial charge >= 0.3 is 0 Å². The average molecular weight is 154 g/mol. The van der Waals surface area contributed by atoms with Crippen molar-refractivity contribution >= 4 is 57.3 Å². The van der Waals surface area contributed by atoms with Gasteiger partial charge in [0.05, 0.1) is 0 Å². The fourth-order valence-corrected chi connectivity index (χ4v) is 0.389. The molecule has 0 atom stereocenters. The standard InChI is InChI=1S/C6H13NO.K/c1-3-5-7-6(8)4-2;/h3-5H2,1-2H3,(H,7,8);. The van der Waals surface area contributed by atoms with Gasteiger partial charge in [-0.25, -0.2) is 0 Å². The van der Waals surface area contributed by atoms with Gasteiger partial charge in [-0.3, -0.25) is 4.79 Å². The van der Waals surface area contributed by atoms with Crippen LogP contribution in [-0.2, 0) is 4.79 Å². The number of rotatable bonds is 3. The molecule has 2 nitrogen and oxygen atoms in total. The summed E-state index contributed by atoms with van der Waals surface area (Å²) >= 11 is 0. The van der Waals surface area contributed by atoms with E-state index in [1.54, 1.807) is 0 Å². The molecule has 49 valence electrons. The van der Waals surface area contributed by atoms with E-state index in [4.69, 9.17) is 0 Å². The number of amides is 1. The summed E-state index contributed by atoms with van der Waals surface area (Å²) in [5.41, 5.74) is 0. The molecular formula is C6H13KNO. The Morgan fingerprint density at radius 3 is 2.33 bits per heavy atom. The monoisotopic (exact) mass is 154 g/mol. The summed E-state index contributed by atoms with van der Waals surface area (Å²) in [4.78, 5) is 10.5.